The van der Waals surface area contributed by atoms with E-state index in [1.807, 2.05) is 18.7 Å². The minimum Gasteiger partial charge on any atom is -0.368 e. The molecule has 0 aromatic heterocycles. The first kappa shape index (κ1) is 14.4. The van der Waals surface area contributed by atoms with Crippen LogP contribution in [0.3, 0.4) is 0 Å². The van der Waals surface area contributed by atoms with E-state index in [0.717, 1.165) is 11.3 Å². The third-order valence-corrected chi connectivity index (χ3v) is 2.67. The van der Waals surface area contributed by atoms with Crippen LogP contribution in [0.4, 0.5) is 10.1 Å². The molecule has 1 aromatic rings. The Labute approximate surface area is 107 Å². The average molecular weight is 253 g/mol. The fraction of sp³-hybridized carbons (Fsp3) is 0.462. The van der Waals surface area contributed by atoms with E-state index >= 15 is 0 Å². The van der Waals surface area contributed by atoms with E-state index in [4.69, 9.17) is 5.73 Å². The zero-order valence-corrected chi connectivity index (χ0v) is 11.0. The molecule has 0 fully saturated rings. The molecule has 0 radical (unpaired) electrons. The highest BCUT2D eigenvalue weighted by Crippen LogP contribution is 2.23. The van der Waals surface area contributed by atoms with Gasteiger partial charge in [-0.2, -0.15) is 0 Å². The third-order valence-electron chi connectivity index (χ3n) is 2.67. The van der Waals surface area contributed by atoms with E-state index in [9.17, 15) is 9.18 Å². The lowest BCUT2D eigenvalue weighted by Gasteiger charge is -2.29. The topological polar surface area (TPSA) is 58.4 Å². The van der Waals surface area contributed by atoms with Crippen LogP contribution in [0.15, 0.2) is 18.2 Å². The predicted octanol–water partition coefficient (Wildman–Crippen LogP) is 1.25. The molecule has 0 saturated heterocycles. The second-order valence-corrected chi connectivity index (χ2v) is 4.49. The van der Waals surface area contributed by atoms with Gasteiger partial charge in [-0.15, -0.1) is 0 Å². The zero-order valence-electron chi connectivity index (χ0n) is 11.0. The van der Waals surface area contributed by atoms with Crippen LogP contribution in [0.2, 0.25) is 0 Å². The molecule has 0 bridgehead atoms. The molecule has 0 heterocycles. The number of halogens is 1. The average Bonchev–Trinajstić information content (AvgIpc) is 2.26. The first-order valence-electron chi connectivity index (χ1n) is 5.93. The minimum absolute atomic E-state index is 0.110. The predicted molar refractivity (Wildman–Crippen MR) is 70.8 cm³/mol. The Morgan fingerprint density at radius 1 is 1.50 bits per heavy atom. The van der Waals surface area contributed by atoms with Gasteiger partial charge in [-0.1, -0.05) is 0 Å². The van der Waals surface area contributed by atoms with Crippen molar-refractivity contribution in [2.45, 2.75) is 26.4 Å². The summed E-state index contributed by atoms with van der Waals surface area (Å²) in [6.07, 6.45) is 0. The molecule has 3 N–H and O–H groups in total. The zero-order chi connectivity index (χ0) is 13.7. The number of hydrogen-bond donors (Lipinski definition) is 2. The molecule has 1 rings (SSSR count). The molecular formula is C13H20FN3O. The number of benzene rings is 1. The van der Waals surface area contributed by atoms with Gasteiger partial charge in [-0.3, -0.25) is 4.79 Å². The highest BCUT2D eigenvalue weighted by Gasteiger charge is 2.16. The number of amides is 1. The van der Waals surface area contributed by atoms with Crippen molar-refractivity contribution in [2.75, 3.05) is 18.5 Å². The van der Waals surface area contributed by atoms with Crippen molar-refractivity contribution in [3.05, 3.63) is 29.6 Å². The van der Waals surface area contributed by atoms with E-state index in [0.29, 0.717) is 6.54 Å². The van der Waals surface area contributed by atoms with Gasteiger partial charge in [0.2, 0.25) is 5.91 Å². The minimum atomic E-state index is -0.400. The quantitative estimate of drug-likeness (QED) is 0.802. The van der Waals surface area contributed by atoms with Gasteiger partial charge in [0.1, 0.15) is 5.82 Å². The van der Waals surface area contributed by atoms with Crippen LogP contribution in [-0.2, 0) is 11.3 Å². The van der Waals surface area contributed by atoms with E-state index in [1.165, 1.54) is 12.1 Å². The van der Waals surface area contributed by atoms with Gasteiger partial charge >= 0.3 is 0 Å². The number of primary amides is 1. The number of rotatable bonds is 6. The summed E-state index contributed by atoms with van der Waals surface area (Å²) in [5.74, 6) is -0.685. The molecule has 0 aliphatic heterocycles. The molecule has 0 spiro atoms. The van der Waals surface area contributed by atoms with Crippen molar-refractivity contribution in [3.8, 4) is 0 Å². The Morgan fingerprint density at radius 3 is 2.67 bits per heavy atom. The SMILES string of the molecule is CNCc1cc(F)ccc1N(CC(N)=O)C(C)C. The molecule has 18 heavy (non-hydrogen) atoms. The number of anilines is 1. The van der Waals surface area contributed by atoms with Crippen molar-refractivity contribution < 1.29 is 9.18 Å². The Morgan fingerprint density at radius 2 is 2.17 bits per heavy atom. The maximum Gasteiger partial charge on any atom is 0.236 e. The molecule has 4 nitrogen and oxygen atoms in total. The van der Waals surface area contributed by atoms with Crippen LogP contribution in [0, 0.1) is 5.82 Å². The van der Waals surface area contributed by atoms with Crippen molar-refractivity contribution in [1.29, 1.82) is 0 Å². The van der Waals surface area contributed by atoms with Crippen LogP contribution < -0.4 is 16.0 Å². The Bertz CT molecular complexity index is 421. The normalized spacial score (nSPS) is 10.7. The van der Waals surface area contributed by atoms with Gasteiger partial charge in [-0.25, -0.2) is 4.39 Å². The smallest absolute Gasteiger partial charge is 0.236 e. The van der Waals surface area contributed by atoms with Crippen LogP contribution in [0.5, 0.6) is 0 Å². The first-order chi connectivity index (χ1) is 8.45. The molecular weight excluding hydrogens is 233 g/mol. The van der Waals surface area contributed by atoms with Crippen LogP contribution >= 0.6 is 0 Å². The van der Waals surface area contributed by atoms with Gasteiger partial charge < -0.3 is 16.0 Å². The molecule has 0 saturated carbocycles. The van der Waals surface area contributed by atoms with E-state index < -0.39 is 5.91 Å². The monoisotopic (exact) mass is 253 g/mol. The number of carbonyl (C=O) groups excluding carboxylic acids is 1. The molecule has 1 aromatic carbocycles. The second-order valence-electron chi connectivity index (χ2n) is 4.49. The Hall–Kier alpha value is -1.62. The maximum absolute atomic E-state index is 13.3. The van der Waals surface area contributed by atoms with Crippen LogP contribution in [0.25, 0.3) is 0 Å². The molecule has 0 unspecified atom stereocenters. The summed E-state index contributed by atoms with van der Waals surface area (Å²) < 4.78 is 13.3. The van der Waals surface area contributed by atoms with Crippen molar-refractivity contribution in [1.82, 2.24) is 5.32 Å². The second kappa shape index (κ2) is 6.35. The highest BCUT2D eigenvalue weighted by atomic mass is 19.1. The Kier molecular flexibility index (Phi) is 5.09. The largest absolute Gasteiger partial charge is 0.368 e. The number of hydrogen-bond acceptors (Lipinski definition) is 3. The van der Waals surface area contributed by atoms with E-state index in [-0.39, 0.29) is 18.4 Å². The van der Waals surface area contributed by atoms with Gasteiger partial charge in [0.25, 0.3) is 0 Å². The summed E-state index contributed by atoms with van der Waals surface area (Å²) in [6.45, 7) is 4.60. The summed E-state index contributed by atoms with van der Waals surface area (Å²) in [7, 11) is 1.79. The van der Waals surface area contributed by atoms with Crippen LogP contribution in [0.1, 0.15) is 19.4 Å². The fourth-order valence-electron chi connectivity index (χ4n) is 1.88. The summed E-state index contributed by atoms with van der Waals surface area (Å²) in [4.78, 5) is 13.0. The molecule has 0 aliphatic rings. The maximum atomic E-state index is 13.3. The standard InChI is InChI=1S/C13H20FN3O/c1-9(2)17(8-13(15)18)12-5-4-11(14)6-10(12)7-16-3/h4-6,9,16H,7-8H2,1-3H3,(H2,15,18). The summed E-state index contributed by atoms with van der Waals surface area (Å²) in [5, 5.41) is 2.99. The molecule has 0 atom stereocenters. The van der Waals surface area contributed by atoms with E-state index in [2.05, 4.69) is 5.32 Å². The summed E-state index contributed by atoms with van der Waals surface area (Å²) >= 11 is 0. The van der Waals surface area contributed by atoms with Gasteiger partial charge in [0.05, 0.1) is 6.54 Å². The fourth-order valence-corrected chi connectivity index (χ4v) is 1.88. The molecule has 5 heteroatoms. The van der Waals surface area contributed by atoms with Crippen molar-refractivity contribution >= 4 is 11.6 Å². The lowest BCUT2D eigenvalue weighted by Crippen LogP contribution is -2.39. The first-order valence-corrected chi connectivity index (χ1v) is 5.93. The molecule has 1 amide bonds. The highest BCUT2D eigenvalue weighted by molar-refractivity contribution is 5.80. The van der Waals surface area contributed by atoms with Crippen molar-refractivity contribution in [3.63, 3.8) is 0 Å². The van der Waals surface area contributed by atoms with E-state index in [1.54, 1.807) is 13.1 Å². The van der Waals surface area contributed by atoms with Gasteiger partial charge in [-0.05, 0) is 44.7 Å². The third kappa shape index (κ3) is 3.70. The van der Waals surface area contributed by atoms with Gasteiger partial charge in [0, 0.05) is 18.3 Å². The molecule has 0 aliphatic carbocycles. The number of nitrogens with zero attached hydrogens (tertiary/aromatic N) is 1. The Balaban J connectivity index is 3.13. The molecule has 100 valence electrons. The number of carbonyl (C=O) groups is 1. The van der Waals surface area contributed by atoms with Crippen molar-refractivity contribution in [2.24, 2.45) is 5.73 Å². The van der Waals surface area contributed by atoms with Gasteiger partial charge in [0.15, 0.2) is 0 Å². The number of nitrogens with one attached hydrogen (secondary N) is 1. The number of nitrogens with two attached hydrogens (primary N) is 1. The lowest BCUT2D eigenvalue weighted by molar-refractivity contribution is -0.116. The van der Waals surface area contributed by atoms with Crippen LogP contribution in [-0.4, -0.2) is 25.5 Å². The summed E-state index contributed by atoms with van der Waals surface area (Å²) in [6, 6.07) is 4.66. The lowest BCUT2D eigenvalue weighted by atomic mass is 10.1. The summed E-state index contributed by atoms with van der Waals surface area (Å²) in [5.41, 5.74) is 6.90.